The molecule has 3 aromatic heterocycles. The topological polar surface area (TPSA) is 35.6 Å². The molecule has 8 aromatic rings. The SMILES string of the molecule is c1ccc(-n2c(-c3cccc(-c4cncc(-n5c6ccccc6c6ccccc65)c4)c3)nc3ccccc32)cc1. The van der Waals surface area contributed by atoms with E-state index in [1.807, 2.05) is 24.5 Å². The highest BCUT2D eigenvalue weighted by molar-refractivity contribution is 6.09. The number of nitrogens with zero attached hydrogens (tertiary/aromatic N) is 4. The third kappa shape index (κ3) is 3.54. The minimum atomic E-state index is 0.917. The van der Waals surface area contributed by atoms with Gasteiger partial charge in [-0.15, -0.1) is 0 Å². The summed E-state index contributed by atoms with van der Waals surface area (Å²) >= 11 is 0. The van der Waals surface area contributed by atoms with Gasteiger partial charge in [0.1, 0.15) is 5.82 Å². The van der Waals surface area contributed by atoms with Crippen LogP contribution in [-0.4, -0.2) is 19.1 Å². The van der Waals surface area contributed by atoms with Crippen LogP contribution < -0.4 is 0 Å². The minimum Gasteiger partial charge on any atom is -0.308 e. The van der Waals surface area contributed by atoms with E-state index >= 15 is 0 Å². The van der Waals surface area contributed by atoms with Crippen LogP contribution in [0.15, 0.2) is 146 Å². The van der Waals surface area contributed by atoms with Gasteiger partial charge in [0.25, 0.3) is 0 Å². The summed E-state index contributed by atoms with van der Waals surface area (Å²) in [6, 6.07) is 46.7. The van der Waals surface area contributed by atoms with E-state index < -0.39 is 0 Å². The zero-order valence-electron chi connectivity index (χ0n) is 21.6. The minimum absolute atomic E-state index is 0.917. The summed E-state index contributed by atoms with van der Waals surface area (Å²) in [7, 11) is 0. The van der Waals surface area contributed by atoms with Crippen molar-refractivity contribution in [3.05, 3.63) is 146 Å². The van der Waals surface area contributed by atoms with Crippen molar-refractivity contribution in [2.45, 2.75) is 0 Å². The van der Waals surface area contributed by atoms with Gasteiger partial charge in [0.05, 0.1) is 34.0 Å². The van der Waals surface area contributed by atoms with Crippen LogP contribution in [0.5, 0.6) is 0 Å². The normalized spacial score (nSPS) is 11.5. The van der Waals surface area contributed by atoms with Crippen molar-refractivity contribution in [3.63, 3.8) is 0 Å². The Labute approximate surface area is 231 Å². The fourth-order valence-electron chi connectivity index (χ4n) is 5.80. The van der Waals surface area contributed by atoms with Crippen molar-refractivity contribution in [1.82, 2.24) is 19.1 Å². The van der Waals surface area contributed by atoms with E-state index in [9.17, 15) is 0 Å². The Morgan fingerprint density at radius 3 is 1.85 bits per heavy atom. The second kappa shape index (κ2) is 9.07. The zero-order chi connectivity index (χ0) is 26.5. The summed E-state index contributed by atoms with van der Waals surface area (Å²) in [6.45, 7) is 0. The number of rotatable bonds is 4. The maximum Gasteiger partial charge on any atom is 0.145 e. The molecule has 0 saturated heterocycles. The molecule has 3 heterocycles. The van der Waals surface area contributed by atoms with E-state index in [1.165, 1.54) is 21.8 Å². The molecule has 0 aliphatic carbocycles. The average Bonchev–Trinajstić information content (AvgIpc) is 3.58. The first kappa shape index (κ1) is 22.5. The van der Waals surface area contributed by atoms with E-state index in [2.05, 4.69) is 130 Å². The highest BCUT2D eigenvalue weighted by Crippen LogP contribution is 2.34. The lowest BCUT2D eigenvalue weighted by atomic mass is 10.0. The van der Waals surface area contributed by atoms with Gasteiger partial charge in [-0.1, -0.05) is 84.9 Å². The van der Waals surface area contributed by atoms with E-state index in [0.29, 0.717) is 0 Å². The molecule has 4 nitrogen and oxygen atoms in total. The Morgan fingerprint density at radius 2 is 1.07 bits per heavy atom. The maximum absolute atomic E-state index is 5.06. The molecule has 0 aliphatic heterocycles. The van der Waals surface area contributed by atoms with Crippen LogP contribution in [0.3, 0.4) is 0 Å². The number of para-hydroxylation sites is 5. The quantitative estimate of drug-likeness (QED) is 0.236. The molecule has 5 aromatic carbocycles. The van der Waals surface area contributed by atoms with E-state index in [1.54, 1.807) is 0 Å². The second-order valence-electron chi connectivity index (χ2n) is 9.98. The lowest BCUT2D eigenvalue weighted by molar-refractivity contribution is 1.10. The summed E-state index contributed by atoms with van der Waals surface area (Å²) in [5.41, 5.74) is 9.75. The molecule has 0 amide bonds. The molecule has 0 atom stereocenters. The number of aromatic nitrogens is 4. The van der Waals surface area contributed by atoms with Crippen molar-refractivity contribution in [2.24, 2.45) is 0 Å². The summed E-state index contributed by atoms with van der Waals surface area (Å²) < 4.78 is 4.54. The Morgan fingerprint density at radius 1 is 0.425 bits per heavy atom. The lowest BCUT2D eigenvalue weighted by Gasteiger charge is -2.12. The highest BCUT2D eigenvalue weighted by atomic mass is 15.1. The smallest absolute Gasteiger partial charge is 0.145 e. The van der Waals surface area contributed by atoms with Crippen LogP contribution in [0.1, 0.15) is 0 Å². The summed E-state index contributed by atoms with van der Waals surface area (Å²) in [6.07, 6.45) is 3.89. The van der Waals surface area contributed by atoms with Gasteiger partial charge < -0.3 is 4.57 Å². The van der Waals surface area contributed by atoms with Gasteiger partial charge in [-0.2, -0.15) is 0 Å². The molecule has 40 heavy (non-hydrogen) atoms. The van der Waals surface area contributed by atoms with Gasteiger partial charge in [0.15, 0.2) is 0 Å². The largest absolute Gasteiger partial charge is 0.308 e. The van der Waals surface area contributed by atoms with Gasteiger partial charge in [-0.25, -0.2) is 4.98 Å². The van der Waals surface area contributed by atoms with Gasteiger partial charge in [0, 0.05) is 33.8 Å². The molecule has 0 bridgehead atoms. The van der Waals surface area contributed by atoms with Gasteiger partial charge >= 0.3 is 0 Å². The van der Waals surface area contributed by atoms with Gasteiger partial charge in [0.2, 0.25) is 0 Å². The first-order valence-electron chi connectivity index (χ1n) is 13.4. The van der Waals surface area contributed by atoms with Crippen LogP contribution >= 0.6 is 0 Å². The molecule has 0 fully saturated rings. The molecule has 0 radical (unpaired) electrons. The van der Waals surface area contributed by atoms with Gasteiger partial charge in [-0.05, 0) is 54.1 Å². The van der Waals surface area contributed by atoms with Crippen LogP contribution in [0, 0.1) is 0 Å². The van der Waals surface area contributed by atoms with Crippen LogP contribution in [0.2, 0.25) is 0 Å². The number of benzene rings is 5. The Bertz CT molecular complexity index is 2120. The summed E-state index contributed by atoms with van der Waals surface area (Å²) in [5, 5.41) is 2.48. The standard InChI is InChI=1S/C36H24N4/c1-2-13-28(14-3-1)40-35-20-9-6-17-32(35)38-36(40)26-12-10-11-25(21-26)27-22-29(24-37-23-27)39-33-18-7-4-15-30(33)31-16-5-8-19-34(31)39/h1-24H. The third-order valence-corrected chi connectivity index (χ3v) is 7.59. The predicted octanol–water partition coefficient (Wildman–Crippen LogP) is 8.85. The molecule has 0 unspecified atom stereocenters. The van der Waals surface area contributed by atoms with Crippen LogP contribution in [0.4, 0.5) is 0 Å². The zero-order valence-corrected chi connectivity index (χ0v) is 21.6. The third-order valence-electron chi connectivity index (χ3n) is 7.59. The van der Waals surface area contributed by atoms with Crippen molar-refractivity contribution in [3.8, 4) is 33.9 Å². The average molecular weight is 513 g/mol. The molecular formula is C36H24N4. The molecule has 0 aliphatic rings. The second-order valence-corrected chi connectivity index (χ2v) is 9.98. The molecule has 8 rings (SSSR count). The molecule has 0 saturated carbocycles. The fraction of sp³-hybridized carbons (Fsp3) is 0. The van der Waals surface area contributed by atoms with Crippen molar-refractivity contribution < 1.29 is 0 Å². The number of hydrogen-bond acceptors (Lipinski definition) is 2. The number of fused-ring (bicyclic) bond motifs is 4. The highest BCUT2D eigenvalue weighted by Gasteiger charge is 2.16. The number of pyridine rings is 1. The van der Waals surface area contributed by atoms with Gasteiger partial charge in [-0.3, -0.25) is 9.55 Å². The Hall–Kier alpha value is -5.48. The summed E-state index contributed by atoms with van der Waals surface area (Å²) in [5.74, 6) is 0.917. The summed E-state index contributed by atoms with van der Waals surface area (Å²) in [4.78, 5) is 9.76. The first-order valence-corrected chi connectivity index (χ1v) is 13.4. The van der Waals surface area contributed by atoms with Crippen molar-refractivity contribution in [1.29, 1.82) is 0 Å². The maximum atomic E-state index is 5.06. The van der Waals surface area contributed by atoms with E-state index in [0.717, 1.165) is 44.9 Å². The van der Waals surface area contributed by atoms with Crippen LogP contribution in [-0.2, 0) is 0 Å². The lowest BCUT2D eigenvalue weighted by Crippen LogP contribution is -1.98. The molecule has 0 spiro atoms. The fourth-order valence-corrected chi connectivity index (χ4v) is 5.80. The monoisotopic (exact) mass is 512 g/mol. The molecule has 4 heteroatoms. The molecule has 0 N–H and O–H groups in total. The first-order chi connectivity index (χ1) is 19.8. The van der Waals surface area contributed by atoms with E-state index in [4.69, 9.17) is 9.97 Å². The predicted molar refractivity (Wildman–Crippen MR) is 164 cm³/mol. The Kier molecular flexibility index (Phi) is 5.10. The Balaban J connectivity index is 1.29. The van der Waals surface area contributed by atoms with E-state index in [-0.39, 0.29) is 0 Å². The molecular weight excluding hydrogens is 488 g/mol. The molecule has 188 valence electrons. The number of imidazole rings is 1. The van der Waals surface area contributed by atoms with Crippen LogP contribution in [0.25, 0.3) is 66.7 Å². The van der Waals surface area contributed by atoms with Crippen molar-refractivity contribution >= 4 is 32.8 Å². The van der Waals surface area contributed by atoms with Crippen molar-refractivity contribution in [2.75, 3.05) is 0 Å². The number of hydrogen-bond donors (Lipinski definition) is 0.